The van der Waals surface area contributed by atoms with E-state index >= 15 is 0 Å². The van der Waals surface area contributed by atoms with Crippen LogP contribution in [-0.4, -0.2) is 36.5 Å². The fraction of sp³-hybridized carbons (Fsp3) is 0.467. The van der Waals surface area contributed by atoms with Crippen LogP contribution in [0, 0.1) is 0 Å². The minimum absolute atomic E-state index is 0.160. The van der Waals surface area contributed by atoms with E-state index in [0.717, 1.165) is 25.7 Å². The Morgan fingerprint density at radius 1 is 0.950 bits per heavy atom. The Balaban J connectivity index is 1.76. The number of fused-ring (bicyclic) bond motifs is 1. The van der Waals surface area contributed by atoms with E-state index in [2.05, 4.69) is 0 Å². The lowest BCUT2D eigenvalue weighted by atomic mass is 10.1. The van der Waals surface area contributed by atoms with Gasteiger partial charge in [-0.25, -0.2) is 0 Å². The molecule has 106 valence electrons. The third kappa shape index (κ3) is 2.48. The van der Waals surface area contributed by atoms with Gasteiger partial charge in [-0.1, -0.05) is 12.8 Å². The van der Waals surface area contributed by atoms with Gasteiger partial charge in [0.2, 0.25) is 6.79 Å². The van der Waals surface area contributed by atoms with Gasteiger partial charge in [-0.3, -0.25) is 9.59 Å². The topological polar surface area (TPSA) is 55.8 Å². The number of likely N-dealkylation sites (tertiary alicyclic amines) is 1. The summed E-state index contributed by atoms with van der Waals surface area (Å²) in [6.45, 7) is 1.51. The largest absolute Gasteiger partial charge is 0.454 e. The summed E-state index contributed by atoms with van der Waals surface area (Å²) >= 11 is 0. The molecule has 1 aromatic rings. The molecule has 1 fully saturated rings. The Labute approximate surface area is 117 Å². The van der Waals surface area contributed by atoms with Gasteiger partial charge in [-0.15, -0.1) is 0 Å². The lowest BCUT2D eigenvalue weighted by Gasteiger charge is -2.19. The molecule has 2 heterocycles. The molecule has 3 rings (SSSR count). The first kappa shape index (κ1) is 13.0. The number of nitrogens with zero attached hydrogens (tertiary/aromatic N) is 1. The molecule has 0 spiro atoms. The van der Waals surface area contributed by atoms with Crippen molar-refractivity contribution in [3.8, 4) is 11.5 Å². The molecule has 20 heavy (non-hydrogen) atoms. The van der Waals surface area contributed by atoms with E-state index in [1.54, 1.807) is 23.1 Å². The van der Waals surface area contributed by atoms with E-state index in [4.69, 9.17) is 9.47 Å². The van der Waals surface area contributed by atoms with Crippen LogP contribution in [0.15, 0.2) is 18.2 Å². The number of rotatable bonds is 2. The van der Waals surface area contributed by atoms with Gasteiger partial charge in [-0.05, 0) is 31.0 Å². The maximum Gasteiger partial charge on any atom is 0.294 e. The fourth-order valence-electron chi connectivity index (χ4n) is 2.58. The number of hydrogen-bond donors (Lipinski definition) is 0. The molecule has 5 heteroatoms. The number of amides is 1. The maximum absolute atomic E-state index is 12.3. The summed E-state index contributed by atoms with van der Waals surface area (Å²) in [6, 6.07) is 4.87. The summed E-state index contributed by atoms with van der Waals surface area (Å²) in [6.07, 6.45) is 4.20. The SMILES string of the molecule is O=C(C(=O)N1CCCCCC1)c1ccc2c(c1)OCO2. The summed E-state index contributed by atoms with van der Waals surface area (Å²) in [5, 5.41) is 0. The molecule has 0 bridgehead atoms. The molecule has 1 aromatic carbocycles. The Hall–Kier alpha value is -2.04. The van der Waals surface area contributed by atoms with Crippen LogP contribution in [0.3, 0.4) is 0 Å². The lowest BCUT2D eigenvalue weighted by molar-refractivity contribution is -0.126. The third-order valence-corrected chi connectivity index (χ3v) is 3.72. The van der Waals surface area contributed by atoms with Gasteiger partial charge in [0, 0.05) is 18.7 Å². The monoisotopic (exact) mass is 275 g/mol. The van der Waals surface area contributed by atoms with Gasteiger partial charge in [0.1, 0.15) is 0 Å². The van der Waals surface area contributed by atoms with Crippen LogP contribution in [0.4, 0.5) is 0 Å². The van der Waals surface area contributed by atoms with Crippen molar-refractivity contribution in [2.24, 2.45) is 0 Å². The normalized spacial score (nSPS) is 17.7. The average molecular weight is 275 g/mol. The number of hydrogen-bond acceptors (Lipinski definition) is 4. The number of ether oxygens (including phenoxy) is 2. The molecule has 0 radical (unpaired) electrons. The molecule has 5 nitrogen and oxygen atoms in total. The second kappa shape index (κ2) is 5.53. The molecule has 0 unspecified atom stereocenters. The van der Waals surface area contributed by atoms with Crippen LogP contribution in [0.5, 0.6) is 11.5 Å². The standard InChI is InChI=1S/C15H17NO4/c17-14(15(18)16-7-3-1-2-4-8-16)11-5-6-12-13(9-11)20-10-19-12/h5-6,9H,1-4,7-8,10H2. The van der Waals surface area contributed by atoms with Gasteiger partial charge in [-0.2, -0.15) is 0 Å². The molecular weight excluding hydrogens is 258 g/mol. The van der Waals surface area contributed by atoms with E-state index in [1.807, 2.05) is 0 Å². The molecule has 1 amide bonds. The third-order valence-electron chi connectivity index (χ3n) is 3.72. The number of Topliss-reactive ketones (excluding diaryl/α,β-unsaturated/α-hetero) is 1. The zero-order chi connectivity index (χ0) is 13.9. The minimum Gasteiger partial charge on any atom is -0.454 e. The first-order valence-corrected chi connectivity index (χ1v) is 6.99. The average Bonchev–Trinajstić information content (AvgIpc) is 2.77. The Morgan fingerprint density at radius 3 is 2.40 bits per heavy atom. The first-order valence-electron chi connectivity index (χ1n) is 6.99. The summed E-state index contributed by atoms with van der Waals surface area (Å²) in [7, 11) is 0. The van der Waals surface area contributed by atoms with Crippen molar-refractivity contribution in [2.45, 2.75) is 25.7 Å². The summed E-state index contributed by atoms with van der Waals surface area (Å²) < 4.78 is 10.4. The highest BCUT2D eigenvalue weighted by molar-refractivity contribution is 6.42. The number of benzene rings is 1. The molecule has 0 N–H and O–H groups in total. The number of carbonyl (C=O) groups is 2. The van der Waals surface area contributed by atoms with Gasteiger partial charge in [0.15, 0.2) is 11.5 Å². The van der Waals surface area contributed by atoms with Crippen LogP contribution >= 0.6 is 0 Å². The number of carbonyl (C=O) groups excluding carboxylic acids is 2. The van der Waals surface area contributed by atoms with E-state index in [-0.39, 0.29) is 6.79 Å². The zero-order valence-electron chi connectivity index (χ0n) is 11.3. The molecule has 0 aliphatic carbocycles. The number of ketones is 1. The van der Waals surface area contributed by atoms with Crippen molar-refractivity contribution in [2.75, 3.05) is 19.9 Å². The van der Waals surface area contributed by atoms with Crippen LogP contribution in [-0.2, 0) is 4.79 Å². The van der Waals surface area contributed by atoms with Crippen LogP contribution < -0.4 is 9.47 Å². The first-order chi connectivity index (χ1) is 9.75. The van der Waals surface area contributed by atoms with Gasteiger partial charge < -0.3 is 14.4 Å². The van der Waals surface area contributed by atoms with E-state index in [1.165, 1.54) is 0 Å². The highest BCUT2D eigenvalue weighted by atomic mass is 16.7. The highest BCUT2D eigenvalue weighted by Crippen LogP contribution is 2.32. The quantitative estimate of drug-likeness (QED) is 0.612. The maximum atomic E-state index is 12.3. The van der Waals surface area contributed by atoms with E-state index < -0.39 is 11.7 Å². The second-order valence-corrected chi connectivity index (χ2v) is 5.10. The predicted molar refractivity (Wildman–Crippen MR) is 71.9 cm³/mol. The van der Waals surface area contributed by atoms with Crippen molar-refractivity contribution in [3.63, 3.8) is 0 Å². The van der Waals surface area contributed by atoms with Crippen molar-refractivity contribution >= 4 is 11.7 Å². The molecule has 2 aliphatic heterocycles. The zero-order valence-corrected chi connectivity index (χ0v) is 11.3. The minimum atomic E-state index is -0.467. The summed E-state index contributed by atoms with van der Waals surface area (Å²) in [5.74, 6) is 0.263. The Kier molecular flexibility index (Phi) is 3.58. The smallest absolute Gasteiger partial charge is 0.294 e. The van der Waals surface area contributed by atoms with Crippen LogP contribution in [0.2, 0.25) is 0 Å². The van der Waals surface area contributed by atoms with Crippen LogP contribution in [0.1, 0.15) is 36.0 Å². The summed E-state index contributed by atoms with van der Waals surface area (Å²) in [4.78, 5) is 26.2. The second-order valence-electron chi connectivity index (χ2n) is 5.10. The Bertz CT molecular complexity index is 533. The molecular formula is C15H17NO4. The fourth-order valence-corrected chi connectivity index (χ4v) is 2.58. The molecule has 0 atom stereocenters. The van der Waals surface area contributed by atoms with Gasteiger partial charge in [0.05, 0.1) is 0 Å². The summed E-state index contributed by atoms with van der Waals surface area (Å²) in [5.41, 5.74) is 0.364. The predicted octanol–water partition coefficient (Wildman–Crippen LogP) is 2.00. The van der Waals surface area contributed by atoms with Crippen molar-refractivity contribution in [3.05, 3.63) is 23.8 Å². The van der Waals surface area contributed by atoms with Gasteiger partial charge in [0.25, 0.3) is 11.7 Å². The molecule has 2 aliphatic rings. The van der Waals surface area contributed by atoms with E-state index in [0.29, 0.717) is 30.2 Å². The van der Waals surface area contributed by atoms with Crippen molar-refractivity contribution in [1.29, 1.82) is 0 Å². The molecule has 0 saturated carbocycles. The Morgan fingerprint density at radius 2 is 1.65 bits per heavy atom. The van der Waals surface area contributed by atoms with Crippen molar-refractivity contribution in [1.82, 2.24) is 4.90 Å². The lowest BCUT2D eigenvalue weighted by Crippen LogP contribution is -2.37. The molecule has 0 aromatic heterocycles. The van der Waals surface area contributed by atoms with E-state index in [9.17, 15) is 9.59 Å². The van der Waals surface area contributed by atoms with Crippen LogP contribution in [0.25, 0.3) is 0 Å². The molecule has 1 saturated heterocycles. The van der Waals surface area contributed by atoms with Gasteiger partial charge >= 0.3 is 0 Å². The highest BCUT2D eigenvalue weighted by Gasteiger charge is 2.25. The van der Waals surface area contributed by atoms with Crippen molar-refractivity contribution < 1.29 is 19.1 Å².